The summed E-state index contributed by atoms with van der Waals surface area (Å²) in [6.45, 7) is 8.54. The van der Waals surface area contributed by atoms with Crippen LogP contribution in [-0.2, 0) is 11.2 Å². The predicted octanol–water partition coefficient (Wildman–Crippen LogP) is 1.91. The SMILES string of the molecule is CCc1cccc(C)c1NC(=O)C[NH+]1CCN(c2ccc(OC)cc2)CC1. The molecule has 1 amide bonds. The highest BCUT2D eigenvalue weighted by Crippen LogP contribution is 2.21. The number of para-hydroxylation sites is 1. The Hall–Kier alpha value is -2.53. The van der Waals surface area contributed by atoms with Gasteiger partial charge in [0.15, 0.2) is 6.54 Å². The van der Waals surface area contributed by atoms with E-state index in [1.165, 1.54) is 16.2 Å². The van der Waals surface area contributed by atoms with E-state index in [1.807, 2.05) is 18.2 Å². The topological polar surface area (TPSA) is 46.0 Å². The fourth-order valence-electron chi connectivity index (χ4n) is 3.66. The van der Waals surface area contributed by atoms with Crippen LogP contribution in [-0.4, -0.2) is 45.7 Å². The molecule has 1 aliphatic heterocycles. The maximum absolute atomic E-state index is 12.6. The van der Waals surface area contributed by atoms with Crippen molar-refractivity contribution in [1.82, 2.24) is 0 Å². The molecule has 1 heterocycles. The molecule has 2 aromatic carbocycles. The van der Waals surface area contributed by atoms with Gasteiger partial charge in [0, 0.05) is 11.4 Å². The molecule has 0 aliphatic carbocycles. The molecule has 1 fully saturated rings. The summed E-state index contributed by atoms with van der Waals surface area (Å²) in [6, 6.07) is 14.4. The smallest absolute Gasteiger partial charge is 0.279 e. The van der Waals surface area contributed by atoms with Crippen molar-refractivity contribution in [1.29, 1.82) is 0 Å². The first-order chi connectivity index (χ1) is 13.1. The van der Waals surface area contributed by atoms with Crippen LogP contribution in [0.15, 0.2) is 42.5 Å². The van der Waals surface area contributed by atoms with E-state index in [0.29, 0.717) is 6.54 Å². The van der Waals surface area contributed by atoms with Gasteiger partial charge in [-0.2, -0.15) is 0 Å². The van der Waals surface area contributed by atoms with E-state index in [9.17, 15) is 4.79 Å². The molecule has 27 heavy (non-hydrogen) atoms. The third kappa shape index (κ3) is 4.80. The Labute approximate surface area is 161 Å². The Morgan fingerprint density at radius 1 is 1.15 bits per heavy atom. The first-order valence-electron chi connectivity index (χ1n) is 9.71. The number of ether oxygens (including phenoxy) is 1. The van der Waals surface area contributed by atoms with Crippen molar-refractivity contribution in [2.75, 3.05) is 50.1 Å². The normalized spacial score (nSPS) is 14.9. The highest BCUT2D eigenvalue weighted by atomic mass is 16.5. The van der Waals surface area contributed by atoms with Gasteiger partial charge in [0.05, 0.1) is 33.3 Å². The van der Waals surface area contributed by atoms with Gasteiger partial charge in [-0.1, -0.05) is 25.1 Å². The van der Waals surface area contributed by atoms with Crippen LogP contribution in [0.2, 0.25) is 0 Å². The molecule has 2 aromatic rings. The van der Waals surface area contributed by atoms with Gasteiger partial charge in [-0.15, -0.1) is 0 Å². The molecule has 0 saturated carbocycles. The minimum absolute atomic E-state index is 0.104. The summed E-state index contributed by atoms with van der Waals surface area (Å²) in [4.78, 5) is 16.3. The number of aryl methyl sites for hydroxylation is 2. The largest absolute Gasteiger partial charge is 0.497 e. The number of methoxy groups -OCH3 is 1. The zero-order valence-electron chi connectivity index (χ0n) is 16.5. The molecule has 0 atom stereocenters. The number of benzene rings is 2. The van der Waals surface area contributed by atoms with Gasteiger partial charge in [-0.25, -0.2) is 0 Å². The van der Waals surface area contributed by atoms with E-state index >= 15 is 0 Å². The van der Waals surface area contributed by atoms with Crippen LogP contribution in [0.3, 0.4) is 0 Å². The standard InChI is InChI=1S/C22H29N3O2/c1-4-18-7-5-6-17(2)22(18)23-21(26)16-24-12-14-25(15-13-24)19-8-10-20(27-3)11-9-19/h5-11H,4,12-16H2,1-3H3,(H,23,26)/p+1. The van der Waals surface area contributed by atoms with Gasteiger partial charge in [0.25, 0.3) is 5.91 Å². The molecule has 1 aliphatic rings. The molecule has 144 valence electrons. The van der Waals surface area contributed by atoms with Crippen molar-refractivity contribution in [3.05, 3.63) is 53.6 Å². The van der Waals surface area contributed by atoms with E-state index in [2.05, 4.69) is 48.3 Å². The molecule has 0 radical (unpaired) electrons. The lowest BCUT2D eigenvalue weighted by atomic mass is 10.1. The van der Waals surface area contributed by atoms with Crippen molar-refractivity contribution in [3.63, 3.8) is 0 Å². The Bertz CT molecular complexity index is 766. The fraction of sp³-hybridized carbons (Fsp3) is 0.409. The van der Waals surface area contributed by atoms with E-state index in [0.717, 1.165) is 49.6 Å². The number of nitrogens with one attached hydrogen (secondary N) is 2. The number of hydrogen-bond acceptors (Lipinski definition) is 3. The van der Waals surface area contributed by atoms with Crippen LogP contribution in [0.1, 0.15) is 18.1 Å². The summed E-state index contributed by atoms with van der Waals surface area (Å²) in [5.41, 5.74) is 4.53. The Balaban J connectivity index is 1.52. The van der Waals surface area contributed by atoms with Crippen LogP contribution in [0, 0.1) is 6.92 Å². The third-order valence-corrected chi connectivity index (χ3v) is 5.32. The van der Waals surface area contributed by atoms with E-state index in [-0.39, 0.29) is 5.91 Å². The second kappa shape index (κ2) is 8.91. The summed E-state index contributed by atoms with van der Waals surface area (Å²) < 4.78 is 5.22. The van der Waals surface area contributed by atoms with E-state index < -0.39 is 0 Å². The lowest BCUT2D eigenvalue weighted by molar-refractivity contribution is -0.892. The highest BCUT2D eigenvalue weighted by molar-refractivity contribution is 5.93. The maximum atomic E-state index is 12.6. The first-order valence-corrected chi connectivity index (χ1v) is 9.71. The number of rotatable bonds is 6. The molecule has 0 spiro atoms. The molecule has 1 saturated heterocycles. The third-order valence-electron chi connectivity index (χ3n) is 5.32. The van der Waals surface area contributed by atoms with Gasteiger partial charge in [0.2, 0.25) is 0 Å². The van der Waals surface area contributed by atoms with Crippen LogP contribution < -0.4 is 19.9 Å². The van der Waals surface area contributed by atoms with Gasteiger partial charge >= 0.3 is 0 Å². The predicted molar refractivity (Wildman–Crippen MR) is 110 cm³/mol. The van der Waals surface area contributed by atoms with Crippen LogP contribution >= 0.6 is 0 Å². The molecular formula is C22H30N3O2+. The summed E-state index contributed by atoms with van der Waals surface area (Å²) in [5.74, 6) is 0.981. The maximum Gasteiger partial charge on any atom is 0.279 e. The number of amides is 1. The number of piperazine rings is 1. The fourth-order valence-corrected chi connectivity index (χ4v) is 3.66. The molecule has 3 rings (SSSR count). The van der Waals surface area contributed by atoms with Gasteiger partial charge < -0.3 is 19.9 Å². The summed E-state index contributed by atoms with van der Waals surface area (Å²) in [5, 5.41) is 3.15. The van der Waals surface area contributed by atoms with Crippen LogP contribution in [0.25, 0.3) is 0 Å². The average Bonchev–Trinajstić information content (AvgIpc) is 2.70. The molecule has 2 N–H and O–H groups in total. The zero-order chi connectivity index (χ0) is 19.2. The second-order valence-corrected chi connectivity index (χ2v) is 7.12. The number of carbonyl (C=O) groups is 1. The zero-order valence-corrected chi connectivity index (χ0v) is 16.5. The Morgan fingerprint density at radius 2 is 1.85 bits per heavy atom. The lowest BCUT2D eigenvalue weighted by Crippen LogP contribution is -3.15. The van der Waals surface area contributed by atoms with Gasteiger partial charge in [-0.3, -0.25) is 4.79 Å². The van der Waals surface area contributed by atoms with Gasteiger partial charge in [0.1, 0.15) is 5.75 Å². The summed E-state index contributed by atoms with van der Waals surface area (Å²) >= 11 is 0. The highest BCUT2D eigenvalue weighted by Gasteiger charge is 2.23. The van der Waals surface area contributed by atoms with Gasteiger partial charge in [-0.05, 0) is 48.7 Å². The van der Waals surface area contributed by atoms with E-state index in [4.69, 9.17) is 4.74 Å². The molecule has 0 aromatic heterocycles. The number of carbonyl (C=O) groups excluding carboxylic acids is 1. The number of nitrogens with zero attached hydrogens (tertiary/aromatic N) is 1. The molecule has 5 nitrogen and oxygen atoms in total. The monoisotopic (exact) mass is 368 g/mol. The quantitative estimate of drug-likeness (QED) is 0.819. The second-order valence-electron chi connectivity index (χ2n) is 7.12. The van der Waals surface area contributed by atoms with E-state index in [1.54, 1.807) is 7.11 Å². The Kier molecular flexibility index (Phi) is 6.35. The summed E-state index contributed by atoms with van der Waals surface area (Å²) in [6.07, 6.45) is 0.921. The minimum Gasteiger partial charge on any atom is -0.497 e. The van der Waals surface area contributed by atoms with Crippen molar-refractivity contribution in [3.8, 4) is 5.75 Å². The van der Waals surface area contributed by atoms with Crippen LogP contribution in [0.5, 0.6) is 5.75 Å². The lowest BCUT2D eigenvalue weighted by Gasteiger charge is -2.33. The molecule has 0 unspecified atom stereocenters. The van der Waals surface area contributed by atoms with Crippen molar-refractivity contribution >= 4 is 17.3 Å². The molecular weight excluding hydrogens is 338 g/mol. The number of quaternary nitrogens is 1. The minimum atomic E-state index is 0.104. The number of hydrogen-bond donors (Lipinski definition) is 2. The first kappa shape index (κ1) is 19.2. The van der Waals surface area contributed by atoms with Crippen molar-refractivity contribution in [2.45, 2.75) is 20.3 Å². The van der Waals surface area contributed by atoms with Crippen molar-refractivity contribution < 1.29 is 14.4 Å². The Morgan fingerprint density at radius 3 is 2.48 bits per heavy atom. The molecule has 5 heteroatoms. The number of anilines is 2. The average molecular weight is 369 g/mol. The summed E-state index contributed by atoms with van der Waals surface area (Å²) in [7, 11) is 1.68. The molecule has 0 bridgehead atoms. The van der Waals surface area contributed by atoms with Crippen LogP contribution in [0.4, 0.5) is 11.4 Å². The van der Waals surface area contributed by atoms with Crippen molar-refractivity contribution in [2.24, 2.45) is 0 Å².